The van der Waals surface area contributed by atoms with E-state index in [2.05, 4.69) is 36.5 Å². The van der Waals surface area contributed by atoms with Gasteiger partial charge in [-0.15, -0.1) is 0 Å². The fourth-order valence-corrected chi connectivity index (χ4v) is 3.51. The molecule has 0 saturated carbocycles. The zero-order valence-electron chi connectivity index (χ0n) is 20.1. The average molecular weight is 471 g/mol. The maximum absolute atomic E-state index is 5.82. The largest absolute Gasteiger partial charge is 0.487 e. The van der Waals surface area contributed by atoms with Gasteiger partial charge in [0.15, 0.2) is 11.5 Å². The Balaban J connectivity index is 1.13. The second-order valence-corrected chi connectivity index (χ2v) is 8.01. The molecule has 0 aromatic heterocycles. The minimum absolute atomic E-state index is 0.458. The molecule has 0 N–H and O–H groups in total. The number of hydrogen-bond acceptors (Lipinski definition) is 6. The van der Waals surface area contributed by atoms with Crippen molar-refractivity contribution in [1.29, 1.82) is 0 Å². The molecule has 0 atom stereocenters. The van der Waals surface area contributed by atoms with Crippen LogP contribution in [0.15, 0.2) is 71.9 Å². The van der Waals surface area contributed by atoms with Crippen molar-refractivity contribution in [2.75, 3.05) is 66.1 Å². The lowest BCUT2D eigenvalue weighted by Gasteiger charge is -2.13. The third-order valence-corrected chi connectivity index (χ3v) is 5.39. The third-order valence-electron chi connectivity index (χ3n) is 5.39. The van der Waals surface area contributed by atoms with Crippen LogP contribution in [0, 0.1) is 0 Å². The number of rotatable bonds is 20. The molecule has 0 radical (unpaired) electrons. The van der Waals surface area contributed by atoms with E-state index in [-0.39, 0.29) is 0 Å². The first kappa shape index (κ1) is 26.2. The van der Waals surface area contributed by atoms with Gasteiger partial charge in [0.1, 0.15) is 13.2 Å². The highest BCUT2D eigenvalue weighted by Gasteiger charge is 2.05. The van der Waals surface area contributed by atoms with E-state index < -0.39 is 0 Å². The number of hydrogen-bond donors (Lipinski definition) is 0. The van der Waals surface area contributed by atoms with Crippen molar-refractivity contribution >= 4 is 0 Å². The zero-order valence-corrected chi connectivity index (χ0v) is 20.1. The second-order valence-electron chi connectivity index (χ2n) is 8.01. The Morgan fingerprint density at radius 3 is 1.32 bits per heavy atom. The summed E-state index contributed by atoms with van der Waals surface area (Å²) in [6.07, 6.45) is 17.0. The summed E-state index contributed by atoms with van der Waals surface area (Å²) in [4.78, 5) is 0. The topological polar surface area (TPSA) is 55.4 Å². The van der Waals surface area contributed by atoms with E-state index in [1.807, 2.05) is 24.3 Å². The molecule has 34 heavy (non-hydrogen) atoms. The molecule has 0 amide bonds. The van der Waals surface area contributed by atoms with Crippen molar-refractivity contribution < 1.29 is 28.4 Å². The molecule has 0 aliphatic heterocycles. The van der Waals surface area contributed by atoms with E-state index in [1.165, 1.54) is 11.1 Å². The Morgan fingerprint density at radius 1 is 0.500 bits per heavy atom. The smallest absolute Gasteiger partial charge is 0.161 e. The summed E-state index contributed by atoms with van der Waals surface area (Å²) in [6, 6.07) is 7.65. The highest BCUT2D eigenvalue weighted by Crippen LogP contribution is 2.26. The maximum atomic E-state index is 5.82. The second kappa shape index (κ2) is 17.1. The quantitative estimate of drug-likeness (QED) is 0.248. The van der Waals surface area contributed by atoms with Gasteiger partial charge in [-0.25, -0.2) is 0 Å². The summed E-state index contributed by atoms with van der Waals surface area (Å²) < 4.78 is 34.1. The predicted molar refractivity (Wildman–Crippen MR) is 134 cm³/mol. The fraction of sp³-hybridized carbons (Fsp3) is 0.500. The van der Waals surface area contributed by atoms with E-state index in [4.69, 9.17) is 28.4 Å². The summed E-state index contributed by atoms with van der Waals surface area (Å²) in [7, 11) is 0. The van der Waals surface area contributed by atoms with Gasteiger partial charge >= 0.3 is 0 Å². The Bertz CT molecular complexity index is 744. The van der Waals surface area contributed by atoms with Crippen molar-refractivity contribution in [2.45, 2.75) is 25.7 Å². The van der Waals surface area contributed by atoms with Crippen LogP contribution in [0.4, 0.5) is 0 Å². The molecule has 186 valence electrons. The van der Waals surface area contributed by atoms with Crippen molar-refractivity contribution in [2.24, 2.45) is 0 Å². The van der Waals surface area contributed by atoms with Crippen LogP contribution in [0.3, 0.4) is 0 Å². The van der Waals surface area contributed by atoms with Gasteiger partial charge in [0.05, 0.1) is 52.9 Å². The normalized spacial score (nSPS) is 14.5. The van der Waals surface area contributed by atoms with Crippen molar-refractivity contribution in [3.05, 3.63) is 71.9 Å². The van der Waals surface area contributed by atoms with Crippen molar-refractivity contribution in [3.8, 4) is 11.5 Å². The molecule has 0 saturated heterocycles. The molecule has 6 heteroatoms. The van der Waals surface area contributed by atoms with Crippen LogP contribution in [0.2, 0.25) is 0 Å². The lowest BCUT2D eigenvalue weighted by Crippen LogP contribution is -2.13. The SMILES string of the molecule is C1=CCC(CCOCCOCCOc2ccccc2OCCOCCOCCC2=CC=CC2)=C1. The maximum Gasteiger partial charge on any atom is 0.161 e. The van der Waals surface area contributed by atoms with Crippen LogP contribution in [0.5, 0.6) is 11.5 Å². The van der Waals surface area contributed by atoms with E-state index in [0.717, 1.165) is 38.9 Å². The highest BCUT2D eigenvalue weighted by atomic mass is 16.6. The van der Waals surface area contributed by atoms with E-state index >= 15 is 0 Å². The molecular formula is C28H38O6. The molecule has 0 unspecified atom stereocenters. The van der Waals surface area contributed by atoms with Crippen LogP contribution in [-0.2, 0) is 18.9 Å². The molecule has 2 aliphatic rings. The van der Waals surface area contributed by atoms with Crippen LogP contribution in [-0.4, -0.2) is 66.1 Å². The van der Waals surface area contributed by atoms with E-state index in [1.54, 1.807) is 0 Å². The standard InChI is InChI=1S/C28H38O6/c1-2-8-25(7-1)13-15-29-17-19-31-21-23-33-27-11-5-6-12-28(27)34-24-22-32-20-18-30-16-14-26-9-3-4-10-26/h1-7,9,11-12H,8,10,13-24H2. The number of allylic oxidation sites excluding steroid dienone is 6. The molecule has 0 spiro atoms. The number of benzene rings is 1. The zero-order chi connectivity index (χ0) is 23.5. The molecule has 1 aromatic carbocycles. The summed E-state index contributed by atoms with van der Waals surface area (Å²) in [5, 5.41) is 0. The first-order valence-electron chi connectivity index (χ1n) is 12.3. The van der Waals surface area contributed by atoms with Gasteiger partial charge in [0, 0.05) is 0 Å². The molecule has 1 aromatic rings. The minimum atomic E-state index is 0.458. The van der Waals surface area contributed by atoms with E-state index in [0.29, 0.717) is 64.4 Å². The molecule has 3 rings (SSSR count). The molecule has 6 nitrogen and oxygen atoms in total. The monoisotopic (exact) mass is 470 g/mol. The fourth-order valence-electron chi connectivity index (χ4n) is 3.51. The van der Waals surface area contributed by atoms with E-state index in [9.17, 15) is 0 Å². The summed E-state index contributed by atoms with van der Waals surface area (Å²) in [6.45, 7) is 5.73. The number of para-hydroxylation sites is 2. The number of ether oxygens (including phenoxy) is 6. The summed E-state index contributed by atoms with van der Waals surface area (Å²) in [5.74, 6) is 1.42. The first-order valence-corrected chi connectivity index (χ1v) is 12.3. The van der Waals surface area contributed by atoms with Crippen LogP contribution < -0.4 is 9.47 Å². The lowest BCUT2D eigenvalue weighted by atomic mass is 10.2. The molecule has 0 fully saturated rings. The Kier molecular flexibility index (Phi) is 13.2. The third kappa shape index (κ3) is 11.2. The van der Waals surface area contributed by atoms with Gasteiger partial charge < -0.3 is 28.4 Å². The van der Waals surface area contributed by atoms with Gasteiger partial charge in [-0.3, -0.25) is 0 Å². The van der Waals surface area contributed by atoms with Crippen molar-refractivity contribution in [3.63, 3.8) is 0 Å². The average Bonchev–Trinajstić information content (AvgIpc) is 3.57. The van der Waals surface area contributed by atoms with Gasteiger partial charge in [-0.2, -0.15) is 0 Å². The Morgan fingerprint density at radius 2 is 0.912 bits per heavy atom. The van der Waals surface area contributed by atoms with Gasteiger partial charge in [-0.05, 0) is 37.8 Å². The van der Waals surface area contributed by atoms with Crippen LogP contribution >= 0.6 is 0 Å². The minimum Gasteiger partial charge on any atom is -0.487 e. The molecule has 0 bridgehead atoms. The van der Waals surface area contributed by atoms with Crippen molar-refractivity contribution in [1.82, 2.24) is 0 Å². The first-order chi connectivity index (χ1) is 16.9. The molecule has 2 aliphatic carbocycles. The van der Waals surface area contributed by atoms with Crippen LogP contribution in [0.25, 0.3) is 0 Å². The van der Waals surface area contributed by atoms with Gasteiger partial charge in [0.25, 0.3) is 0 Å². The van der Waals surface area contributed by atoms with Gasteiger partial charge in [0.2, 0.25) is 0 Å². The Hall–Kier alpha value is -2.38. The summed E-state index contributed by atoms with van der Waals surface area (Å²) in [5.41, 5.74) is 2.86. The summed E-state index contributed by atoms with van der Waals surface area (Å²) >= 11 is 0. The Labute approximate surface area is 203 Å². The van der Waals surface area contributed by atoms with Crippen LogP contribution in [0.1, 0.15) is 25.7 Å². The predicted octanol–water partition coefficient (Wildman–Crippen LogP) is 5.06. The highest BCUT2D eigenvalue weighted by molar-refractivity contribution is 5.39. The molecular weight excluding hydrogens is 432 g/mol. The van der Waals surface area contributed by atoms with Gasteiger partial charge in [-0.1, -0.05) is 59.7 Å². The molecule has 0 heterocycles. The lowest BCUT2D eigenvalue weighted by molar-refractivity contribution is 0.0339.